The van der Waals surface area contributed by atoms with E-state index in [1.54, 1.807) is 0 Å². The van der Waals surface area contributed by atoms with Crippen LogP contribution in [0.25, 0.3) is 0 Å². The van der Waals surface area contributed by atoms with Gasteiger partial charge in [0.2, 0.25) is 0 Å². The topological polar surface area (TPSA) is 50.1 Å². The summed E-state index contributed by atoms with van der Waals surface area (Å²) < 4.78 is 0. The summed E-state index contributed by atoms with van der Waals surface area (Å²) >= 11 is 0. The largest absolute Gasteiger partial charge is 0.310 e. The molecule has 0 aromatic rings. The SMILES string of the molecule is CCCC(C)(C)NCCNN. The second kappa shape index (κ2) is 5.52. The molecule has 0 fully saturated rings. The summed E-state index contributed by atoms with van der Waals surface area (Å²) in [6.07, 6.45) is 2.42. The molecule has 0 aliphatic carbocycles. The summed E-state index contributed by atoms with van der Waals surface area (Å²) in [6.45, 7) is 8.39. The van der Waals surface area contributed by atoms with Crippen LogP contribution in [0.5, 0.6) is 0 Å². The highest BCUT2D eigenvalue weighted by Crippen LogP contribution is 2.09. The van der Waals surface area contributed by atoms with Gasteiger partial charge in [-0.2, -0.15) is 0 Å². The fourth-order valence-corrected chi connectivity index (χ4v) is 1.19. The van der Waals surface area contributed by atoms with Gasteiger partial charge in [-0.1, -0.05) is 13.3 Å². The van der Waals surface area contributed by atoms with Crippen LogP contribution in [0.2, 0.25) is 0 Å². The van der Waals surface area contributed by atoms with E-state index in [1.165, 1.54) is 12.8 Å². The van der Waals surface area contributed by atoms with E-state index in [-0.39, 0.29) is 5.54 Å². The summed E-state index contributed by atoms with van der Waals surface area (Å²) in [5.74, 6) is 5.14. The summed E-state index contributed by atoms with van der Waals surface area (Å²) in [5, 5.41) is 3.42. The minimum atomic E-state index is 0.256. The first-order valence-electron chi connectivity index (χ1n) is 4.31. The van der Waals surface area contributed by atoms with Gasteiger partial charge in [-0.25, -0.2) is 0 Å². The Morgan fingerprint density at radius 3 is 2.36 bits per heavy atom. The predicted molar refractivity (Wildman–Crippen MR) is 49.2 cm³/mol. The number of nitrogens with two attached hydrogens (primary N) is 1. The molecule has 0 aromatic carbocycles. The van der Waals surface area contributed by atoms with Gasteiger partial charge in [0.1, 0.15) is 0 Å². The summed E-state index contributed by atoms with van der Waals surface area (Å²) in [6, 6.07) is 0. The zero-order chi connectivity index (χ0) is 8.74. The molecule has 68 valence electrons. The molecule has 4 N–H and O–H groups in total. The molecule has 0 saturated heterocycles. The predicted octanol–water partition coefficient (Wildman–Crippen LogP) is 0.618. The Hall–Kier alpha value is -0.120. The molecule has 0 rings (SSSR count). The van der Waals surface area contributed by atoms with Crippen molar-refractivity contribution in [3.8, 4) is 0 Å². The molecule has 11 heavy (non-hydrogen) atoms. The zero-order valence-corrected chi connectivity index (χ0v) is 7.91. The van der Waals surface area contributed by atoms with Crippen molar-refractivity contribution in [1.82, 2.24) is 10.7 Å². The van der Waals surface area contributed by atoms with Crippen LogP contribution in [0.1, 0.15) is 33.6 Å². The first kappa shape index (κ1) is 10.9. The standard InChI is InChI=1S/C8H21N3/c1-4-5-8(2,3)10-6-7-11-9/h10-11H,4-7,9H2,1-3H3. The molecule has 0 aromatic heterocycles. The third-order valence-corrected chi connectivity index (χ3v) is 1.75. The van der Waals surface area contributed by atoms with Crippen molar-refractivity contribution < 1.29 is 0 Å². The van der Waals surface area contributed by atoms with Gasteiger partial charge in [0.05, 0.1) is 0 Å². The lowest BCUT2D eigenvalue weighted by molar-refractivity contribution is 0.358. The lowest BCUT2D eigenvalue weighted by Gasteiger charge is -2.25. The van der Waals surface area contributed by atoms with Gasteiger partial charge in [0.25, 0.3) is 0 Å². The second-order valence-corrected chi connectivity index (χ2v) is 3.51. The van der Waals surface area contributed by atoms with Crippen molar-refractivity contribution in [3.05, 3.63) is 0 Å². The quantitative estimate of drug-likeness (QED) is 0.302. The molecular weight excluding hydrogens is 138 g/mol. The van der Waals surface area contributed by atoms with Crippen LogP contribution >= 0.6 is 0 Å². The molecule has 0 unspecified atom stereocenters. The Kier molecular flexibility index (Phi) is 5.46. The molecule has 0 saturated carbocycles. The Morgan fingerprint density at radius 1 is 1.27 bits per heavy atom. The Morgan fingerprint density at radius 2 is 1.91 bits per heavy atom. The van der Waals surface area contributed by atoms with E-state index >= 15 is 0 Å². The van der Waals surface area contributed by atoms with Crippen LogP contribution in [0.15, 0.2) is 0 Å². The molecule has 0 aliphatic rings. The van der Waals surface area contributed by atoms with Crippen LogP contribution in [0.4, 0.5) is 0 Å². The molecular formula is C8H21N3. The maximum absolute atomic E-state index is 5.14. The first-order valence-corrected chi connectivity index (χ1v) is 4.31. The van der Waals surface area contributed by atoms with Crippen molar-refractivity contribution >= 4 is 0 Å². The average Bonchev–Trinajstić information content (AvgIpc) is 1.87. The van der Waals surface area contributed by atoms with Crippen molar-refractivity contribution in [2.24, 2.45) is 5.84 Å². The summed E-state index contributed by atoms with van der Waals surface area (Å²) in [4.78, 5) is 0. The number of nitrogens with one attached hydrogen (secondary N) is 2. The van der Waals surface area contributed by atoms with Gasteiger partial charge >= 0.3 is 0 Å². The van der Waals surface area contributed by atoms with Gasteiger partial charge in [-0.15, -0.1) is 0 Å². The molecule has 0 heterocycles. The van der Waals surface area contributed by atoms with E-state index in [2.05, 4.69) is 31.5 Å². The summed E-state index contributed by atoms with van der Waals surface area (Å²) in [7, 11) is 0. The highest BCUT2D eigenvalue weighted by atomic mass is 15.2. The molecule has 0 aliphatic heterocycles. The molecule has 0 atom stereocenters. The molecule has 3 nitrogen and oxygen atoms in total. The molecule has 0 radical (unpaired) electrons. The molecule has 3 heteroatoms. The maximum Gasteiger partial charge on any atom is 0.0223 e. The van der Waals surface area contributed by atoms with Crippen molar-refractivity contribution in [1.29, 1.82) is 0 Å². The van der Waals surface area contributed by atoms with Gasteiger partial charge in [0, 0.05) is 18.6 Å². The van der Waals surface area contributed by atoms with E-state index < -0.39 is 0 Å². The third kappa shape index (κ3) is 6.28. The highest BCUT2D eigenvalue weighted by Gasteiger charge is 2.13. The average molecular weight is 159 g/mol. The molecule has 0 bridgehead atoms. The van der Waals surface area contributed by atoms with Crippen LogP contribution in [-0.2, 0) is 0 Å². The van der Waals surface area contributed by atoms with Gasteiger partial charge < -0.3 is 5.32 Å². The van der Waals surface area contributed by atoms with Crippen molar-refractivity contribution in [3.63, 3.8) is 0 Å². The van der Waals surface area contributed by atoms with Gasteiger partial charge in [-0.3, -0.25) is 11.3 Å². The van der Waals surface area contributed by atoms with E-state index in [9.17, 15) is 0 Å². The lowest BCUT2D eigenvalue weighted by atomic mass is 9.99. The van der Waals surface area contributed by atoms with Crippen LogP contribution in [-0.4, -0.2) is 18.6 Å². The van der Waals surface area contributed by atoms with E-state index in [1.807, 2.05) is 0 Å². The van der Waals surface area contributed by atoms with Gasteiger partial charge in [0.15, 0.2) is 0 Å². The highest BCUT2D eigenvalue weighted by molar-refractivity contribution is 4.76. The van der Waals surface area contributed by atoms with Crippen LogP contribution < -0.4 is 16.6 Å². The monoisotopic (exact) mass is 159 g/mol. The normalized spacial score (nSPS) is 12.0. The van der Waals surface area contributed by atoms with E-state index in [0.717, 1.165) is 13.1 Å². The maximum atomic E-state index is 5.14. The summed E-state index contributed by atoms with van der Waals surface area (Å²) in [5.41, 5.74) is 2.88. The van der Waals surface area contributed by atoms with Crippen LogP contribution in [0, 0.1) is 0 Å². The van der Waals surface area contributed by atoms with Crippen molar-refractivity contribution in [2.75, 3.05) is 13.1 Å². The number of hydrogen-bond acceptors (Lipinski definition) is 3. The third-order valence-electron chi connectivity index (χ3n) is 1.75. The molecule has 0 spiro atoms. The molecule has 0 amide bonds. The Labute approximate surface area is 69.7 Å². The van der Waals surface area contributed by atoms with Crippen molar-refractivity contribution in [2.45, 2.75) is 39.2 Å². The Bertz CT molecular complexity index is 91.3. The number of hydrogen-bond donors (Lipinski definition) is 3. The first-order chi connectivity index (χ1) is 5.12. The Balaban J connectivity index is 3.38. The van der Waals surface area contributed by atoms with E-state index in [0.29, 0.717) is 0 Å². The number of rotatable bonds is 6. The van der Waals surface area contributed by atoms with E-state index in [4.69, 9.17) is 5.84 Å². The smallest absolute Gasteiger partial charge is 0.0223 e. The lowest BCUT2D eigenvalue weighted by Crippen LogP contribution is -2.43. The fraction of sp³-hybridized carbons (Fsp3) is 1.00. The number of hydrazine groups is 1. The second-order valence-electron chi connectivity index (χ2n) is 3.51. The van der Waals surface area contributed by atoms with Crippen LogP contribution in [0.3, 0.4) is 0 Å². The van der Waals surface area contributed by atoms with Gasteiger partial charge in [-0.05, 0) is 20.3 Å². The minimum Gasteiger partial charge on any atom is -0.310 e. The zero-order valence-electron chi connectivity index (χ0n) is 7.91. The minimum absolute atomic E-state index is 0.256. The fourth-order valence-electron chi connectivity index (χ4n) is 1.19.